The molecule has 4 aromatic rings. The summed E-state index contributed by atoms with van der Waals surface area (Å²) in [5.41, 5.74) is 5.15. The molecule has 24 heavy (non-hydrogen) atoms. The second-order valence-electron chi connectivity index (χ2n) is 5.75. The standard InChI is InChI=1S/C17H16N6O/c1-10-4-3-5-12-16(10)20-15(19-12)9-18-17(24)11-6-7-14-13(8-11)21-22-23(14)2/h3-8H,9H2,1-2H3,(H,18,24)(H,19,20). The number of amides is 1. The lowest BCUT2D eigenvalue weighted by Gasteiger charge is -2.03. The molecular weight excluding hydrogens is 304 g/mol. The van der Waals surface area contributed by atoms with Crippen LogP contribution in [-0.4, -0.2) is 30.9 Å². The van der Waals surface area contributed by atoms with E-state index < -0.39 is 0 Å². The largest absolute Gasteiger partial charge is 0.345 e. The van der Waals surface area contributed by atoms with E-state index in [-0.39, 0.29) is 5.91 Å². The van der Waals surface area contributed by atoms with E-state index in [0.29, 0.717) is 17.6 Å². The third kappa shape index (κ3) is 2.40. The Labute approximate surface area is 137 Å². The summed E-state index contributed by atoms with van der Waals surface area (Å²) in [4.78, 5) is 20.1. The Morgan fingerprint density at radius 3 is 3.00 bits per heavy atom. The number of benzene rings is 2. The Morgan fingerprint density at radius 2 is 2.17 bits per heavy atom. The number of rotatable bonds is 3. The number of H-pyrrole nitrogens is 1. The van der Waals surface area contributed by atoms with Gasteiger partial charge >= 0.3 is 0 Å². The number of nitrogens with one attached hydrogen (secondary N) is 2. The number of para-hydroxylation sites is 1. The van der Waals surface area contributed by atoms with Crippen molar-refractivity contribution >= 4 is 28.0 Å². The van der Waals surface area contributed by atoms with Gasteiger partial charge in [-0.25, -0.2) is 9.67 Å². The van der Waals surface area contributed by atoms with Crippen molar-refractivity contribution in [2.24, 2.45) is 7.05 Å². The van der Waals surface area contributed by atoms with E-state index in [1.807, 2.05) is 38.2 Å². The molecule has 120 valence electrons. The normalized spacial score (nSPS) is 11.2. The highest BCUT2D eigenvalue weighted by molar-refractivity contribution is 5.97. The Morgan fingerprint density at radius 1 is 1.29 bits per heavy atom. The van der Waals surface area contributed by atoms with Gasteiger partial charge in [-0.15, -0.1) is 5.10 Å². The van der Waals surface area contributed by atoms with Gasteiger partial charge in [0.1, 0.15) is 11.3 Å². The van der Waals surface area contributed by atoms with Gasteiger partial charge in [-0.2, -0.15) is 0 Å². The first kappa shape index (κ1) is 14.4. The molecule has 0 atom stereocenters. The van der Waals surface area contributed by atoms with Crippen LogP contribution in [0, 0.1) is 6.92 Å². The Balaban J connectivity index is 1.53. The van der Waals surface area contributed by atoms with Crippen LogP contribution in [-0.2, 0) is 13.6 Å². The summed E-state index contributed by atoms with van der Waals surface area (Å²) < 4.78 is 1.67. The molecule has 7 heteroatoms. The molecule has 0 bridgehead atoms. The predicted molar refractivity (Wildman–Crippen MR) is 90.5 cm³/mol. The number of hydrogen-bond acceptors (Lipinski definition) is 4. The van der Waals surface area contributed by atoms with Crippen LogP contribution in [0.25, 0.3) is 22.1 Å². The molecule has 1 amide bonds. The smallest absolute Gasteiger partial charge is 0.251 e. The van der Waals surface area contributed by atoms with Crippen molar-refractivity contribution in [2.75, 3.05) is 0 Å². The topological polar surface area (TPSA) is 88.5 Å². The molecule has 2 heterocycles. The maximum absolute atomic E-state index is 12.3. The van der Waals surface area contributed by atoms with Gasteiger partial charge in [0.15, 0.2) is 0 Å². The van der Waals surface area contributed by atoms with Crippen molar-refractivity contribution in [1.82, 2.24) is 30.3 Å². The van der Waals surface area contributed by atoms with Crippen molar-refractivity contribution in [3.63, 3.8) is 0 Å². The number of carbonyl (C=O) groups excluding carboxylic acids is 1. The fraction of sp³-hybridized carbons (Fsp3) is 0.176. The number of imidazole rings is 1. The first-order valence-corrected chi connectivity index (χ1v) is 7.63. The van der Waals surface area contributed by atoms with Gasteiger partial charge in [0.2, 0.25) is 0 Å². The molecule has 0 unspecified atom stereocenters. The first-order valence-electron chi connectivity index (χ1n) is 7.63. The van der Waals surface area contributed by atoms with Crippen molar-refractivity contribution in [3.05, 3.63) is 53.3 Å². The van der Waals surface area contributed by atoms with E-state index in [1.54, 1.807) is 16.8 Å². The third-order valence-electron chi connectivity index (χ3n) is 4.05. The summed E-state index contributed by atoms with van der Waals surface area (Å²) in [5.74, 6) is 0.563. The van der Waals surface area contributed by atoms with Crippen molar-refractivity contribution in [1.29, 1.82) is 0 Å². The second kappa shape index (κ2) is 5.45. The minimum Gasteiger partial charge on any atom is -0.345 e. The fourth-order valence-corrected chi connectivity index (χ4v) is 2.76. The van der Waals surface area contributed by atoms with Crippen LogP contribution in [0.1, 0.15) is 21.7 Å². The van der Waals surface area contributed by atoms with Gasteiger partial charge in [-0.05, 0) is 36.8 Å². The molecule has 0 fully saturated rings. The predicted octanol–water partition coefficient (Wildman–Crippen LogP) is 2.08. The molecule has 0 aliphatic heterocycles. The third-order valence-corrected chi connectivity index (χ3v) is 4.05. The first-order chi connectivity index (χ1) is 11.6. The van der Waals surface area contributed by atoms with Gasteiger partial charge in [0.05, 0.1) is 23.1 Å². The van der Waals surface area contributed by atoms with Crippen LogP contribution in [0.15, 0.2) is 36.4 Å². The molecular formula is C17H16N6O. The fourth-order valence-electron chi connectivity index (χ4n) is 2.76. The van der Waals surface area contributed by atoms with Gasteiger partial charge in [-0.3, -0.25) is 4.79 Å². The zero-order valence-corrected chi connectivity index (χ0v) is 13.4. The lowest BCUT2D eigenvalue weighted by Crippen LogP contribution is -2.23. The molecule has 2 aromatic carbocycles. The van der Waals surface area contributed by atoms with Crippen LogP contribution in [0.2, 0.25) is 0 Å². The van der Waals surface area contributed by atoms with E-state index in [9.17, 15) is 4.79 Å². The zero-order valence-electron chi connectivity index (χ0n) is 13.4. The number of carbonyl (C=O) groups is 1. The molecule has 2 aromatic heterocycles. The van der Waals surface area contributed by atoms with Crippen molar-refractivity contribution in [3.8, 4) is 0 Å². The summed E-state index contributed by atoms with van der Waals surface area (Å²) in [6.07, 6.45) is 0. The van der Waals surface area contributed by atoms with Crippen LogP contribution < -0.4 is 5.32 Å². The zero-order chi connectivity index (χ0) is 16.7. The summed E-state index contributed by atoms with van der Waals surface area (Å²) in [7, 11) is 1.82. The number of fused-ring (bicyclic) bond motifs is 2. The lowest BCUT2D eigenvalue weighted by molar-refractivity contribution is 0.0950. The van der Waals surface area contributed by atoms with Crippen LogP contribution >= 0.6 is 0 Å². The number of hydrogen-bond donors (Lipinski definition) is 2. The van der Waals surface area contributed by atoms with Gasteiger partial charge in [0, 0.05) is 12.6 Å². The molecule has 0 saturated carbocycles. The molecule has 4 rings (SSSR count). The van der Waals surface area contributed by atoms with Crippen LogP contribution in [0.4, 0.5) is 0 Å². The minimum absolute atomic E-state index is 0.167. The second-order valence-corrected chi connectivity index (χ2v) is 5.75. The number of aryl methyl sites for hydroxylation is 2. The lowest BCUT2D eigenvalue weighted by atomic mass is 10.2. The van der Waals surface area contributed by atoms with E-state index in [4.69, 9.17) is 0 Å². The Hall–Kier alpha value is -3.22. The van der Waals surface area contributed by atoms with Crippen LogP contribution in [0.3, 0.4) is 0 Å². The van der Waals surface area contributed by atoms with Gasteiger partial charge in [0.25, 0.3) is 5.91 Å². The van der Waals surface area contributed by atoms with E-state index in [2.05, 4.69) is 25.6 Å². The van der Waals surface area contributed by atoms with E-state index in [0.717, 1.165) is 27.9 Å². The van der Waals surface area contributed by atoms with E-state index >= 15 is 0 Å². The van der Waals surface area contributed by atoms with Crippen LogP contribution in [0.5, 0.6) is 0 Å². The molecule has 0 spiro atoms. The van der Waals surface area contributed by atoms with Crippen molar-refractivity contribution < 1.29 is 4.79 Å². The molecule has 0 radical (unpaired) electrons. The average Bonchev–Trinajstić information content (AvgIpc) is 3.17. The minimum atomic E-state index is -0.167. The molecule has 0 aliphatic rings. The molecule has 7 nitrogen and oxygen atoms in total. The summed E-state index contributed by atoms with van der Waals surface area (Å²) in [5, 5.41) is 10.9. The summed E-state index contributed by atoms with van der Waals surface area (Å²) in [6, 6.07) is 11.3. The maximum Gasteiger partial charge on any atom is 0.251 e. The Kier molecular flexibility index (Phi) is 3.26. The van der Waals surface area contributed by atoms with E-state index in [1.165, 1.54) is 0 Å². The molecule has 2 N–H and O–H groups in total. The Bertz CT molecular complexity index is 1060. The van der Waals surface area contributed by atoms with Gasteiger partial charge in [-0.1, -0.05) is 17.3 Å². The summed E-state index contributed by atoms with van der Waals surface area (Å²) in [6.45, 7) is 2.35. The number of aromatic nitrogens is 5. The summed E-state index contributed by atoms with van der Waals surface area (Å²) >= 11 is 0. The highest BCUT2D eigenvalue weighted by Gasteiger charge is 2.10. The van der Waals surface area contributed by atoms with Gasteiger partial charge < -0.3 is 10.3 Å². The average molecular weight is 320 g/mol. The maximum atomic E-state index is 12.3. The molecule has 0 aliphatic carbocycles. The highest BCUT2D eigenvalue weighted by atomic mass is 16.1. The SMILES string of the molecule is Cc1cccc2[nH]c(CNC(=O)c3ccc4c(c3)nnn4C)nc12. The quantitative estimate of drug-likeness (QED) is 0.605. The number of aromatic amines is 1. The number of nitrogens with zero attached hydrogens (tertiary/aromatic N) is 4. The molecule has 0 saturated heterocycles. The van der Waals surface area contributed by atoms with Crippen molar-refractivity contribution in [2.45, 2.75) is 13.5 Å². The monoisotopic (exact) mass is 320 g/mol. The highest BCUT2D eigenvalue weighted by Crippen LogP contribution is 2.16.